The van der Waals surface area contributed by atoms with Gasteiger partial charge in [0.05, 0.1) is 20.7 Å². The average Bonchev–Trinajstić information content (AvgIpc) is 2.44. The molecule has 2 rings (SSSR count). The number of unbranched alkanes of at least 4 members (excludes halogenated alkanes) is 1. The van der Waals surface area contributed by atoms with Gasteiger partial charge in [-0.1, -0.05) is 41.9 Å². The van der Waals surface area contributed by atoms with Gasteiger partial charge in [0.2, 0.25) is 0 Å². The van der Waals surface area contributed by atoms with Gasteiger partial charge >= 0.3 is 0 Å². The van der Waals surface area contributed by atoms with E-state index in [1.54, 1.807) is 18.2 Å². The first kappa shape index (κ1) is 15.1. The van der Waals surface area contributed by atoms with Crippen LogP contribution in [0.2, 0.25) is 5.02 Å². The molecule has 2 nitrogen and oxygen atoms in total. The summed E-state index contributed by atoms with van der Waals surface area (Å²) in [6, 6.07) is 15.5. The van der Waals surface area contributed by atoms with E-state index in [1.807, 2.05) is 18.2 Å². The van der Waals surface area contributed by atoms with Gasteiger partial charge in [-0.2, -0.15) is 0 Å². The molecular formula is C16H18ClNOS. The van der Waals surface area contributed by atoms with Gasteiger partial charge in [0.15, 0.2) is 0 Å². The number of hydrogen-bond donors (Lipinski definition) is 1. The van der Waals surface area contributed by atoms with Crippen molar-refractivity contribution in [3.63, 3.8) is 0 Å². The van der Waals surface area contributed by atoms with Crippen molar-refractivity contribution < 1.29 is 4.21 Å². The van der Waals surface area contributed by atoms with Crippen molar-refractivity contribution in [3.05, 3.63) is 59.1 Å². The Labute approximate surface area is 127 Å². The summed E-state index contributed by atoms with van der Waals surface area (Å²) in [7, 11) is -1.05. The summed E-state index contributed by atoms with van der Waals surface area (Å²) in [6.07, 6.45) is 2.97. The van der Waals surface area contributed by atoms with Crippen LogP contribution in [0, 0.1) is 0 Å². The lowest BCUT2D eigenvalue weighted by Crippen LogP contribution is -2.00. The van der Waals surface area contributed by atoms with Crippen LogP contribution in [0.15, 0.2) is 53.4 Å². The highest BCUT2D eigenvalue weighted by atomic mass is 35.5. The van der Waals surface area contributed by atoms with Crippen LogP contribution in [0.25, 0.3) is 0 Å². The van der Waals surface area contributed by atoms with E-state index >= 15 is 0 Å². The van der Waals surface area contributed by atoms with Crippen molar-refractivity contribution in [2.75, 3.05) is 11.5 Å². The second-order valence-corrected chi connectivity index (χ2v) is 6.63. The summed E-state index contributed by atoms with van der Waals surface area (Å²) < 4.78 is 12.2. The third-order valence-corrected chi connectivity index (χ3v) is 5.02. The summed E-state index contributed by atoms with van der Waals surface area (Å²) in [5.74, 6) is 0.635. The summed E-state index contributed by atoms with van der Waals surface area (Å²) >= 11 is 6.06. The molecule has 0 aliphatic rings. The number of aryl methyl sites for hydroxylation is 1. The van der Waals surface area contributed by atoms with Crippen LogP contribution in [-0.2, 0) is 17.2 Å². The smallest absolute Gasteiger partial charge is 0.0587 e. The van der Waals surface area contributed by atoms with E-state index in [2.05, 4.69) is 12.1 Å². The first-order chi connectivity index (χ1) is 9.66. The van der Waals surface area contributed by atoms with Gasteiger partial charge in [-0.15, -0.1) is 0 Å². The quantitative estimate of drug-likeness (QED) is 0.646. The number of nitrogens with two attached hydrogens (primary N) is 1. The fraction of sp³-hybridized carbons (Fsp3) is 0.250. The van der Waals surface area contributed by atoms with Crippen LogP contribution in [0.3, 0.4) is 0 Å². The molecule has 0 fully saturated rings. The van der Waals surface area contributed by atoms with Gasteiger partial charge in [-0.05, 0) is 43.0 Å². The SMILES string of the molecule is Nc1ccc(S(=O)CCCCc2ccccc2)c(Cl)c1. The number of benzene rings is 2. The average molecular weight is 308 g/mol. The van der Waals surface area contributed by atoms with Crippen molar-refractivity contribution in [1.82, 2.24) is 0 Å². The van der Waals surface area contributed by atoms with Crippen LogP contribution in [0.4, 0.5) is 5.69 Å². The van der Waals surface area contributed by atoms with E-state index in [4.69, 9.17) is 17.3 Å². The third-order valence-electron chi connectivity index (χ3n) is 3.09. The molecule has 0 saturated carbocycles. The van der Waals surface area contributed by atoms with E-state index in [0.717, 1.165) is 19.3 Å². The summed E-state index contributed by atoms with van der Waals surface area (Å²) in [4.78, 5) is 0.681. The lowest BCUT2D eigenvalue weighted by atomic mass is 10.1. The molecule has 20 heavy (non-hydrogen) atoms. The molecule has 0 heterocycles. The van der Waals surface area contributed by atoms with Gasteiger partial charge in [0.1, 0.15) is 0 Å². The molecule has 0 amide bonds. The van der Waals surface area contributed by atoms with E-state index in [1.165, 1.54) is 5.56 Å². The molecule has 2 N–H and O–H groups in total. The van der Waals surface area contributed by atoms with Gasteiger partial charge in [0.25, 0.3) is 0 Å². The van der Waals surface area contributed by atoms with Crippen LogP contribution < -0.4 is 5.73 Å². The zero-order valence-electron chi connectivity index (χ0n) is 11.2. The maximum absolute atomic E-state index is 12.2. The Morgan fingerprint density at radius 3 is 2.50 bits per heavy atom. The van der Waals surface area contributed by atoms with Gasteiger partial charge in [0, 0.05) is 11.4 Å². The molecule has 0 bridgehead atoms. The largest absolute Gasteiger partial charge is 0.399 e. The molecule has 4 heteroatoms. The first-order valence-corrected chi connectivity index (χ1v) is 8.34. The molecule has 0 aliphatic carbocycles. The minimum absolute atomic E-state index is 0.492. The highest BCUT2D eigenvalue weighted by Gasteiger charge is 2.08. The Morgan fingerprint density at radius 1 is 1.05 bits per heavy atom. The van der Waals surface area contributed by atoms with Gasteiger partial charge < -0.3 is 5.73 Å². The van der Waals surface area contributed by atoms with Crippen LogP contribution in [0.5, 0.6) is 0 Å². The van der Waals surface area contributed by atoms with Crippen molar-refractivity contribution >= 4 is 28.1 Å². The van der Waals surface area contributed by atoms with Crippen LogP contribution in [-0.4, -0.2) is 9.96 Å². The molecular weight excluding hydrogens is 290 g/mol. The van der Waals surface area contributed by atoms with Gasteiger partial charge in [-0.25, -0.2) is 0 Å². The third kappa shape index (κ3) is 4.36. The monoisotopic (exact) mass is 307 g/mol. The molecule has 2 aromatic carbocycles. The lowest BCUT2D eigenvalue weighted by molar-refractivity contribution is 0.677. The lowest BCUT2D eigenvalue weighted by Gasteiger charge is -2.06. The molecule has 0 spiro atoms. The minimum Gasteiger partial charge on any atom is -0.399 e. The Morgan fingerprint density at radius 2 is 1.80 bits per heavy atom. The summed E-state index contributed by atoms with van der Waals surface area (Å²) in [6.45, 7) is 0. The summed E-state index contributed by atoms with van der Waals surface area (Å²) in [5.41, 5.74) is 7.55. The number of nitrogen functional groups attached to an aromatic ring is 1. The molecule has 1 atom stereocenters. The molecule has 2 aromatic rings. The summed E-state index contributed by atoms with van der Waals surface area (Å²) in [5, 5.41) is 0.492. The Hall–Kier alpha value is -1.32. The topological polar surface area (TPSA) is 43.1 Å². The zero-order valence-corrected chi connectivity index (χ0v) is 12.8. The fourth-order valence-corrected chi connectivity index (χ4v) is 3.65. The molecule has 0 aliphatic heterocycles. The van der Waals surface area contributed by atoms with Crippen molar-refractivity contribution in [3.8, 4) is 0 Å². The molecule has 106 valence electrons. The fourth-order valence-electron chi connectivity index (χ4n) is 2.02. The predicted molar refractivity (Wildman–Crippen MR) is 86.5 cm³/mol. The minimum atomic E-state index is -1.05. The van der Waals surface area contributed by atoms with E-state index < -0.39 is 10.8 Å². The van der Waals surface area contributed by atoms with Crippen LogP contribution in [0.1, 0.15) is 18.4 Å². The molecule has 1 unspecified atom stereocenters. The van der Waals surface area contributed by atoms with Crippen LogP contribution >= 0.6 is 11.6 Å². The second kappa shape index (κ2) is 7.46. The Balaban J connectivity index is 1.80. The number of rotatable bonds is 6. The highest BCUT2D eigenvalue weighted by molar-refractivity contribution is 7.85. The van der Waals surface area contributed by atoms with E-state index in [0.29, 0.717) is 21.4 Å². The maximum Gasteiger partial charge on any atom is 0.0587 e. The maximum atomic E-state index is 12.2. The van der Waals surface area contributed by atoms with Gasteiger partial charge in [-0.3, -0.25) is 4.21 Å². The zero-order chi connectivity index (χ0) is 14.4. The standard InChI is InChI=1S/C16H18ClNOS/c17-15-12-14(18)9-10-16(15)20(19)11-5-4-8-13-6-2-1-3-7-13/h1-3,6-7,9-10,12H,4-5,8,11,18H2. The van der Waals surface area contributed by atoms with Crippen molar-refractivity contribution in [2.45, 2.75) is 24.2 Å². The number of halogens is 1. The van der Waals surface area contributed by atoms with Crippen molar-refractivity contribution in [2.24, 2.45) is 0 Å². The van der Waals surface area contributed by atoms with E-state index in [-0.39, 0.29) is 0 Å². The molecule has 0 aromatic heterocycles. The van der Waals surface area contributed by atoms with E-state index in [9.17, 15) is 4.21 Å². The highest BCUT2D eigenvalue weighted by Crippen LogP contribution is 2.23. The first-order valence-electron chi connectivity index (χ1n) is 6.64. The van der Waals surface area contributed by atoms with Crippen molar-refractivity contribution in [1.29, 1.82) is 0 Å². The molecule has 0 radical (unpaired) electrons. The molecule has 0 saturated heterocycles. The number of hydrogen-bond acceptors (Lipinski definition) is 2. The normalized spacial score (nSPS) is 12.2. The number of anilines is 1. The Kier molecular flexibility index (Phi) is 5.62. The Bertz CT molecular complexity index is 586. The predicted octanol–water partition coefficient (Wildman–Crippen LogP) is 4.05. The second-order valence-electron chi connectivity index (χ2n) is 4.68.